The van der Waals surface area contributed by atoms with Crippen LogP contribution in [-0.4, -0.2) is 24.7 Å². The number of alkyl halides is 2. The van der Waals surface area contributed by atoms with E-state index >= 15 is 0 Å². The van der Waals surface area contributed by atoms with E-state index in [4.69, 9.17) is 9.47 Å². The van der Waals surface area contributed by atoms with Crippen molar-refractivity contribution in [3.05, 3.63) is 20.9 Å². The molecule has 1 heterocycles. The highest BCUT2D eigenvalue weighted by atomic mass is 127. The van der Waals surface area contributed by atoms with E-state index in [9.17, 15) is 13.6 Å². The van der Waals surface area contributed by atoms with E-state index in [1.54, 1.807) is 29.5 Å². The van der Waals surface area contributed by atoms with Crippen LogP contribution in [-0.2, 0) is 4.74 Å². The smallest absolute Gasteiger partial charge is 0.341 e. The molecule has 0 aromatic carbocycles. The number of carbonyl (C=O) groups is 1. The summed E-state index contributed by atoms with van der Waals surface area (Å²) in [4.78, 5) is 15.4. The molecule has 0 radical (unpaired) electrons. The maximum atomic E-state index is 12.8. The van der Waals surface area contributed by atoms with Crippen molar-refractivity contribution in [1.29, 1.82) is 0 Å². The number of ether oxygens (including phenoxy) is 2. The lowest BCUT2D eigenvalue weighted by atomic mass is 10.1. The minimum atomic E-state index is -2.79. The second kappa shape index (κ2) is 6.08. The second-order valence-electron chi connectivity index (χ2n) is 2.94. The summed E-state index contributed by atoms with van der Waals surface area (Å²) >= 11 is 1.70. The van der Waals surface area contributed by atoms with E-state index in [2.05, 4.69) is 4.98 Å². The highest BCUT2D eigenvalue weighted by molar-refractivity contribution is 14.1. The summed E-state index contributed by atoms with van der Waals surface area (Å²) in [7, 11) is 1.32. The van der Waals surface area contributed by atoms with Crippen LogP contribution in [0.15, 0.2) is 6.07 Å². The molecule has 0 bridgehead atoms. The summed E-state index contributed by atoms with van der Waals surface area (Å²) in [5, 5.41) is 0. The van der Waals surface area contributed by atoms with Gasteiger partial charge in [-0.05, 0) is 29.5 Å². The molecule has 0 fully saturated rings. The monoisotopic (exact) mass is 357 g/mol. The van der Waals surface area contributed by atoms with Crippen LogP contribution >= 0.6 is 22.6 Å². The number of pyridine rings is 1. The van der Waals surface area contributed by atoms with Gasteiger partial charge in [-0.2, -0.15) is 0 Å². The van der Waals surface area contributed by atoms with Crippen molar-refractivity contribution in [2.75, 3.05) is 13.7 Å². The summed E-state index contributed by atoms with van der Waals surface area (Å²) in [6.07, 6.45) is -2.79. The van der Waals surface area contributed by atoms with Gasteiger partial charge < -0.3 is 9.47 Å². The van der Waals surface area contributed by atoms with Gasteiger partial charge in [-0.3, -0.25) is 0 Å². The molecule has 0 unspecified atom stereocenters. The fraction of sp³-hybridized carbons (Fsp3) is 0.400. The van der Waals surface area contributed by atoms with Crippen molar-refractivity contribution in [3.8, 4) is 5.88 Å². The highest BCUT2D eigenvalue weighted by Crippen LogP contribution is 2.29. The van der Waals surface area contributed by atoms with Crippen LogP contribution in [0.5, 0.6) is 5.88 Å². The number of hydrogen-bond donors (Lipinski definition) is 0. The second-order valence-corrected chi connectivity index (χ2v) is 3.96. The molecule has 1 rings (SSSR count). The van der Waals surface area contributed by atoms with Crippen molar-refractivity contribution in [2.45, 2.75) is 13.3 Å². The maximum Gasteiger partial charge on any atom is 0.341 e. The van der Waals surface area contributed by atoms with Crippen LogP contribution in [0.2, 0.25) is 0 Å². The van der Waals surface area contributed by atoms with E-state index in [1.165, 1.54) is 7.11 Å². The first-order chi connectivity index (χ1) is 8.01. The van der Waals surface area contributed by atoms with E-state index in [1.807, 2.05) is 0 Å². The number of esters is 1. The first kappa shape index (κ1) is 14.1. The van der Waals surface area contributed by atoms with Gasteiger partial charge in [-0.1, -0.05) is 0 Å². The standard InChI is InChI=1S/C10H10F2INO3/c1-3-17-10(15)7-5(8(11)12)4-6(16-2)14-9(7)13/h4,8H,3H2,1-2H3. The molecular weight excluding hydrogens is 347 g/mol. The molecule has 1 aromatic rings. The summed E-state index contributed by atoms with van der Waals surface area (Å²) in [5.41, 5.74) is -0.636. The third-order valence-corrected chi connectivity index (χ3v) is 2.69. The number of carbonyl (C=O) groups excluding carboxylic acids is 1. The third-order valence-electron chi connectivity index (χ3n) is 1.91. The predicted octanol–water partition coefficient (Wildman–Crippen LogP) is 2.81. The molecule has 0 atom stereocenters. The molecule has 0 saturated heterocycles. The Morgan fingerprint density at radius 2 is 2.24 bits per heavy atom. The van der Waals surface area contributed by atoms with Crippen molar-refractivity contribution < 1.29 is 23.0 Å². The number of halogens is 3. The topological polar surface area (TPSA) is 48.4 Å². The lowest BCUT2D eigenvalue weighted by Crippen LogP contribution is -2.12. The maximum absolute atomic E-state index is 12.8. The largest absolute Gasteiger partial charge is 0.481 e. The normalized spacial score (nSPS) is 10.5. The van der Waals surface area contributed by atoms with Gasteiger partial charge in [0, 0.05) is 11.6 Å². The molecule has 0 saturated carbocycles. The number of methoxy groups -OCH3 is 1. The first-order valence-electron chi connectivity index (χ1n) is 4.71. The number of aromatic nitrogens is 1. The zero-order valence-electron chi connectivity index (χ0n) is 9.17. The SMILES string of the molecule is CCOC(=O)c1c(C(F)F)cc(OC)nc1I. The van der Waals surface area contributed by atoms with Crippen molar-refractivity contribution in [2.24, 2.45) is 0 Å². The first-order valence-corrected chi connectivity index (χ1v) is 5.78. The van der Waals surface area contributed by atoms with Gasteiger partial charge in [0.15, 0.2) is 0 Å². The van der Waals surface area contributed by atoms with Gasteiger partial charge in [-0.15, -0.1) is 0 Å². The van der Waals surface area contributed by atoms with Crippen LogP contribution < -0.4 is 4.74 Å². The molecule has 1 aromatic heterocycles. The van der Waals surface area contributed by atoms with Crippen LogP contribution in [0.25, 0.3) is 0 Å². The summed E-state index contributed by atoms with van der Waals surface area (Å²) in [5.74, 6) is -0.764. The van der Waals surface area contributed by atoms with Crippen molar-refractivity contribution >= 4 is 28.6 Å². The third kappa shape index (κ3) is 3.24. The zero-order valence-corrected chi connectivity index (χ0v) is 11.3. The lowest BCUT2D eigenvalue weighted by molar-refractivity contribution is 0.0513. The Hall–Kier alpha value is -0.990. The van der Waals surface area contributed by atoms with E-state index in [-0.39, 0.29) is 21.8 Å². The van der Waals surface area contributed by atoms with Crippen LogP contribution in [0.3, 0.4) is 0 Å². The van der Waals surface area contributed by atoms with Gasteiger partial charge in [-0.25, -0.2) is 18.6 Å². The van der Waals surface area contributed by atoms with Gasteiger partial charge >= 0.3 is 5.97 Å². The molecule has 0 aliphatic heterocycles. The van der Waals surface area contributed by atoms with Crippen LogP contribution in [0.4, 0.5) is 8.78 Å². The predicted molar refractivity (Wildman–Crippen MR) is 64.4 cm³/mol. The zero-order chi connectivity index (χ0) is 13.0. The molecule has 4 nitrogen and oxygen atoms in total. The Bertz CT molecular complexity index is 426. The summed E-state index contributed by atoms with van der Waals surface area (Å²) < 4.78 is 35.3. The fourth-order valence-electron chi connectivity index (χ4n) is 1.19. The Morgan fingerprint density at radius 1 is 1.59 bits per heavy atom. The van der Waals surface area contributed by atoms with Gasteiger partial charge in [0.1, 0.15) is 9.26 Å². The molecule has 7 heteroatoms. The molecule has 0 spiro atoms. The van der Waals surface area contributed by atoms with Crippen LogP contribution in [0.1, 0.15) is 29.3 Å². The van der Waals surface area contributed by atoms with E-state index < -0.39 is 18.0 Å². The summed E-state index contributed by atoms with van der Waals surface area (Å²) in [6.45, 7) is 1.72. The molecule has 0 N–H and O–H groups in total. The number of nitrogens with zero attached hydrogens (tertiary/aromatic N) is 1. The lowest BCUT2D eigenvalue weighted by Gasteiger charge is -2.11. The average molecular weight is 357 g/mol. The van der Waals surface area contributed by atoms with Gasteiger partial charge in [0.05, 0.1) is 13.7 Å². The number of rotatable bonds is 4. The van der Waals surface area contributed by atoms with E-state index in [0.717, 1.165) is 6.07 Å². The number of hydrogen-bond acceptors (Lipinski definition) is 4. The molecule has 94 valence electrons. The Morgan fingerprint density at radius 3 is 2.71 bits per heavy atom. The van der Waals surface area contributed by atoms with E-state index in [0.29, 0.717) is 0 Å². The minimum absolute atomic E-state index is 0.0396. The quantitative estimate of drug-likeness (QED) is 0.473. The molecular formula is C10H10F2INO3. The Kier molecular flexibility index (Phi) is 5.03. The van der Waals surface area contributed by atoms with Crippen molar-refractivity contribution in [1.82, 2.24) is 4.98 Å². The molecule has 17 heavy (non-hydrogen) atoms. The Labute approximate surface area is 110 Å². The molecule has 0 aliphatic carbocycles. The van der Waals surface area contributed by atoms with Crippen LogP contribution in [0, 0.1) is 3.70 Å². The average Bonchev–Trinajstić information content (AvgIpc) is 2.27. The van der Waals surface area contributed by atoms with Gasteiger partial charge in [0.2, 0.25) is 5.88 Å². The van der Waals surface area contributed by atoms with Crippen molar-refractivity contribution in [3.63, 3.8) is 0 Å². The molecule has 0 aliphatic rings. The fourth-order valence-corrected chi connectivity index (χ4v) is 1.96. The minimum Gasteiger partial charge on any atom is -0.481 e. The Balaban J connectivity index is 3.31. The summed E-state index contributed by atoms with van der Waals surface area (Å²) in [6, 6.07) is 1.04. The van der Waals surface area contributed by atoms with Gasteiger partial charge in [0.25, 0.3) is 6.43 Å². The highest BCUT2D eigenvalue weighted by Gasteiger charge is 2.24. The molecule has 0 amide bonds.